The highest BCUT2D eigenvalue weighted by molar-refractivity contribution is 6.25. The molecule has 0 unspecified atom stereocenters. The number of Topliss-reactive ketones (excluding diaryl/α,β-unsaturated/α-hetero) is 1. The Bertz CT molecular complexity index is 1120. The lowest BCUT2D eigenvalue weighted by molar-refractivity contribution is -0.117. The van der Waals surface area contributed by atoms with Crippen molar-refractivity contribution in [3.8, 4) is 0 Å². The number of fused-ring (bicyclic) bond motifs is 1. The Kier molecular flexibility index (Phi) is 5.06. The Morgan fingerprint density at radius 1 is 0.931 bits per heavy atom. The molecule has 146 valence electrons. The summed E-state index contributed by atoms with van der Waals surface area (Å²) in [6, 6.07) is 23.9. The molecule has 3 aromatic carbocycles. The molecule has 0 aromatic heterocycles. The average Bonchev–Trinajstić information content (AvgIpc) is 2.67. The monoisotopic (exact) mass is 383 g/mol. The molecule has 1 aliphatic rings. The first-order valence-corrected chi connectivity index (χ1v) is 9.97. The molecule has 3 heteroatoms. The fourth-order valence-corrected chi connectivity index (χ4v) is 3.99. The summed E-state index contributed by atoms with van der Waals surface area (Å²) < 4.78 is 0. The summed E-state index contributed by atoms with van der Waals surface area (Å²) in [5, 5.41) is 13.1. The molecule has 0 aliphatic heterocycles. The number of rotatable bonds is 3. The van der Waals surface area contributed by atoms with Crippen LogP contribution in [0.4, 0.5) is 5.69 Å². The third-order valence-corrected chi connectivity index (χ3v) is 5.35. The Labute approximate surface area is 171 Å². The molecule has 0 heterocycles. The first-order chi connectivity index (χ1) is 13.9. The van der Waals surface area contributed by atoms with Crippen molar-refractivity contribution < 1.29 is 9.90 Å². The fraction of sp³-hybridized carbons (Fsp3) is 0.231. The van der Waals surface area contributed by atoms with Crippen LogP contribution < -0.4 is 0 Å². The minimum absolute atomic E-state index is 0.0331. The lowest BCUT2D eigenvalue weighted by Crippen LogP contribution is -2.32. The molecular weight excluding hydrogens is 358 g/mol. The molecule has 4 rings (SSSR count). The number of aliphatic hydroxyl groups is 1. The number of carbonyl (C=O) groups excluding carboxylic acids is 1. The maximum atomic E-state index is 13.0. The van der Waals surface area contributed by atoms with Crippen LogP contribution in [0.2, 0.25) is 0 Å². The number of ketones is 1. The summed E-state index contributed by atoms with van der Waals surface area (Å²) in [4.78, 5) is 17.8. The van der Waals surface area contributed by atoms with Gasteiger partial charge >= 0.3 is 0 Å². The Hall–Kier alpha value is -3.20. The van der Waals surface area contributed by atoms with Gasteiger partial charge in [0.1, 0.15) is 5.76 Å². The summed E-state index contributed by atoms with van der Waals surface area (Å²) in [7, 11) is 0. The van der Waals surface area contributed by atoms with E-state index in [-0.39, 0.29) is 17.0 Å². The Morgan fingerprint density at radius 3 is 2.38 bits per heavy atom. The molecule has 0 atom stereocenters. The van der Waals surface area contributed by atoms with Crippen LogP contribution in [-0.4, -0.2) is 16.6 Å². The number of aliphatic imine (C=N–C) groups is 1. The second-order valence-electron chi connectivity index (χ2n) is 8.51. The first-order valence-electron chi connectivity index (χ1n) is 9.97. The van der Waals surface area contributed by atoms with E-state index >= 15 is 0 Å². The van der Waals surface area contributed by atoms with Crippen LogP contribution in [0.5, 0.6) is 0 Å². The molecule has 3 aromatic rings. The van der Waals surface area contributed by atoms with Crippen molar-refractivity contribution in [2.24, 2.45) is 10.4 Å². The van der Waals surface area contributed by atoms with E-state index in [0.717, 1.165) is 22.0 Å². The second-order valence-corrected chi connectivity index (χ2v) is 8.51. The van der Waals surface area contributed by atoms with Gasteiger partial charge in [-0.25, -0.2) is 0 Å². The zero-order valence-electron chi connectivity index (χ0n) is 16.9. The van der Waals surface area contributed by atoms with Gasteiger partial charge < -0.3 is 5.11 Å². The molecule has 0 radical (unpaired) electrons. The predicted molar refractivity (Wildman–Crippen MR) is 119 cm³/mol. The number of nitrogens with zero attached hydrogens (tertiary/aromatic N) is 1. The van der Waals surface area contributed by atoms with Gasteiger partial charge in [-0.15, -0.1) is 0 Å². The molecule has 1 fully saturated rings. The quantitative estimate of drug-likeness (QED) is 0.423. The Balaban J connectivity index is 1.77. The highest BCUT2D eigenvalue weighted by Gasteiger charge is 2.36. The summed E-state index contributed by atoms with van der Waals surface area (Å²) in [5.74, 6) is 0.0745. The van der Waals surface area contributed by atoms with Gasteiger partial charge in [-0.3, -0.25) is 9.79 Å². The van der Waals surface area contributed by atoms with Gasteiger partial charge in [0.2, 0.25) is 0 Å². The summed E-state index contributed by atoms with van der Waals surface area (Å²) in [6.07, 6.45) is 1.40. The smallest absolute Gasteiger partial charge is 0.168 e. The van der Waals surface area contributed by atoms with E-state index in [0.29, 0.717) is 30.5 Å². The van der Waals surface area contributed by atoms with E-state index < -0.39 is 0 Å². The van der Waals surface area contributed by atoms with Gasteiger partial charge in [0.25, 0.3) is 0 Å². The van der Waals surface area contributed by atoms with Crippen LogP contribution >= 0.6 is 0 Å². The normalized spacial score (nSPS) is 19.5. The second kappa shape index (κ2) is 7.67. The van der Waals surface area contributed by atoms with Gasteiger partial charge in [0.15, 0.2) is 5.78 Å². The lowest BCUT2D eigenvalue weighted by atomic mass is 9.73. The predicted octanol–water partition coefficient (Wildman–Crippen LogP) is 6.36. The van der Waals surface area contributed by atoms with E-state index in [1.165, 1.54) is 0 Å². The third-order valence-electron chi connectivity index (χ3n) is 5.35. The molecule has 1 aliphatic carbocycles. The van der Waals surface area contributed by atoms with Crippen LogP contribution in [0.25, 0.3) is 10.8 Å². The molecule has 0 spiro atoms. The van der Waals surface area contributed by atoms with Gasteiger partial charge in [0.05, 0.1) is 17.0 Å². The molecule has 0 bridgehead atoms. The summed E-state index contributed by atoms with van der Waals surface area (Å²) in [5.41, 5.74) is 2.66. The van der Waals surface area contributed by atoms with Crippen LogP contribution in [0.15, 0.2) is 89.1 Å². The van der Waals surface area contributed by atoms with Crippen molar-refractivity contribution in [2.75, 3.05) is 0 Å². The first kappa shape index (κ1) is 19.1. The minimum Gasteiger partial charge on any atom is -0.511 e. The SMILES string of the molecule is CC1(C)CC(=O)C(=C(O)Cc2ccccc2)C(=Nc2ccc3ccccc3c2)C1. The van der Waals surface area contributed by atoms with Crippen LogP contribution in [0.3, 0.4) is 0 Å². The van der Waals surface area contributed by atoms with Crippen LogP contribution in [0, 0.1) is 5.41 Å². The zero-order valence-corrected chi connectivity index (χ0v) is 16.9. The van der Waals surface area contributed by atoms with Gasteiger partial charge in [-0.1, -0.05) is 74.5 Å². The zero-order chi connectivity index (χ0) is 20.4. The topological polar surface area (TPSA) is 49.7 Å². The molecule has 1 saturated carbocycles. The van der Waals surface area contributed by atoms with Crippen molar-refractivity contribution in [3.05, 3.63) is 89.7 Å². The maximum Gasteiger partial charge on any atom is 0.168 e. The third kappa shape index (κ3) is 4.29. The average molecular weight is 383 g/mol. The largest absolute Gasteiger partial charge is 0.511 e. The van der Waals surface area contributed by atoms with E-state index in [9.17, 15) is 9.90 Å². The number of hydrogen-bond acceptors (Lipinski definition) is 3. The molecule has 1 N–H and O–H groups in total. The van der Waals surface area contributed by atoms with Crippen molar-refractivity contribution in [3.63, 3.8) is 0 Å². The summed E-state index contributed by atoms with van der Waals surface area (Å²) in [6.45, 7) is 4.15. The Morgan fingerprint density at radius 2 is 1.62 bits per heavy atom. The van der Waals surface area contributed by atoms with Gasteiger partial charge in [-0.2, -0.15) is 0 Å². The van der Waals surface area contributed by atoms with E-state index in [4.69, 9.17) is 4.99 Å². The van der Waals surface area contributed by atoms with Crippen molar-refractivity contribution in [2.45, 2.75) is 33.1 Å². The van der Waals surface area contributed by atoms with E-state index in [1.54, 1.807) is 0 Å². The molecule has 29 heavy (non-hydrogen) atoms. The fourth-order valence-electron chi connectivity index (χ4n) is 3.99. The van der Waals surface area contributed by atoms with Crippen molar-refractivity contribution in [1.29, 1.82) is 0 Å². The molecule has 0 amide bonds. The molecule has 0 saturated heterocycles. The standard InChI is InChI=1S/C26H25NO2/c1-26(2)16-22(27-21-13-12-19-10-6-7-11-20(19)15-21)25(24(29)17-26)23(28)14-18-8-4-3-5-9-18/h3-13,15,28H,14,16-17H2,1-2H3. The number of aliphatic hydroxyl groups excluding tert-OH is 1. The van der Waals surface area contributed by atoms with Crippen molar-refractivity contribution >= 4 is 28.0 Å². The molecule has 3 nitrogen and oxygen atoms in total. The van der Waals surface area contributed by atoms with Crippen LogP contribution in [-0.2, 0) is 11.2 Å². The lowest BCUT2D eigenvalue weighted by Gasteiger charge is -2.31. The van der Waals surface area contributed by atoms with Crippen LogP contribution in [0.1, 0.15) is 32.3 Å². The van der Waals surface area contributed by atoms with Crippen molar-refractivity contribution in [1.82, 2.24) is 0 Å². The number of carbonyl (C=O) groups is 1. The van der Waals surface area contributed by atoms with E-state index in [1.807, 2.05) is 60.7 Å². The van der Waals surface area contributed by atoms with Gasteiger partial charge in [-0.05, 0) is 40.3 Å². The van der Waals surface area contributed by atoms with E-state index in [2.05, 4.69) is 26.0 Å². The minimum atomic E-state index is -0.177. The number of benzene rings is 3. The summed E-state index contributed by atoms with van der Waals surface area (Å²) >= 11 is 0. The highest BCUT2D eigenvalue weighted by Crippen LogP contribution is 2.37. The maximum absolute atomic E-state index is 13.0. The van der Waals surface area contributed by atoms with Gasteiger partial charge in [0, 0.05) is 12.8 Å². The molecular formula is C26H25NO2. The number of hydrogen-bond donors (Lipinski definition) is 1. The number of allylic oxidation sites excluding steroid dienone is 2. The highest BCUT2D eigenvalue weighted by atomic mass is 16.3.